The molecule has 10 heteroatoms. The maximum atomic E-state index is 13.7. The van der Waals surface area contributed by atoms with Gasteiger partial charge in [-0.1, -0.05) is 41.9 Å². The number of amides is 2. The van der Waals surface area contributed by atoms with Crippen molar-refractivity contribution in [2.45, 2.75) is 45.8 Å². The van der Waals surface area contributed by atoms with E-state index in [-0.39, 0.29) is 12.5 Å². The number of rotatable bonds is 10. The van der Waals surface area contributed by atoms with E-state index in [1.807, 2.05) is 39.0 Å². The van der Waals surface area contributed by atoms with Gasteiger partial charge in [0.25, 0.3) is 0 Å². The van der Waals surface area contributed by atoms with Gasteiger partial charge in [-0.05, 0) is 81.8 Å². The maximum absolute atomic E-state index is 13.7. The summed E-state index contributed by atoms with van der Waals surface area (Å²) >= 11 is 6.14. The molecule has 0 aliphatic rings. The highest BCUT2D eigenvalue weighted by molar-refractivity contribution is 7.92. The highest BCUT2D eigenvalue weighted by Gasteiger charge is 2.31. The normalized spacial score (nSPS) is 12.4. The SMILES string of the molecule is C[C@@H](C(=O)NC(C)(C)C)N(Cc1cccc(Cl)c1)C(=O)CN(c1ccc(Oc2ccccc2)cc1)S(C)(=O)=O. The predicted molar refractivity (Wildman–Crippen MR) is 155 cm³/mol. The van der Waals surface area contributed by atoms with E-state index in [0.717, 1.165) is 10.6 Å². The average molecular weight is 572 g/mol. The largest absolute Gasteiger partial charge is 0.457 e. The summed E-state index contributed by atoms with van der Waals surface area (Å²) in [6.07, 6.45) is 1.03. The Morgan fingerprint density at radius 1 is 0.949 bits per heavy atom. The monoisotopic (exact) mass is 571 g/mol. The van der Waals surface area contributed by atoms with E-state index in [0.29, 0.717) is 27.8 Å². The van der Waals surface area contributed by atoms with Crippen LogP contribution < -0.4 is 14.4 Å². The van der Waals surface area contributed by atoms with E-state index in [4.69, 9.17) is 16.3 Å². The molecule has 0 bridgehead atoms. The molecule has 3 aromatic carbocycles. The zero-order chi connectivity index (χ0) is 28.8. The van der Waals surface area contributed by atoms with Gasteiger partial charge >= 0.3 is 0 Å². The summed E-state index contributed by atoms with van der Waals surface area (Å²) < 4.78 is 32.4. The first-order chi connectivity index (χ1) is 18.2. The molecule has 0 unspecified atom stereocenters. The van der Waals surface area contributed by atoms with Crippen molar-refractivity contribution in [3.05, 3.63) is 89.4 Å². The number of anilines is 1. The molecule has 0 radical (unpaired) electrons. The van der Waals surface area contributed by atoms with Gasteiger partial charge in [-0.15, -0.1) is 0 Å². The highest BCUT2D eigenvalue weighted by atomic mass is 35.5. The number of nitrogens with one attached hydrogen (secondary N) is 1. The Morgan fingerprint density at radius 3 is 2.13 bits per heavy atom. The lowest BCUT2D eigenvalue weighted by Crippen LogP contribution is -2.54. The van der Waals surface area contributed by atoms with E-state index in [2.05, 4.69) is 5.32 Å². The summed E-state index contributed by atoms with van der Waals surface area (Å²) in [6.45, 7) is 6.72. The van der Waals surface area contributed by atoms with Crippen LogP contribution in [0, 0.1) is 0 Å². The molecule has 3 rings (SSSR count). The Morgan fingerprint density at radius 2 is 1.56 bits per heavy atom. The van der Waals surface area contributed by atoms with E-state index < -0.39 is 34.1 Å². The van der Waals surface area contributed by atoms with Gasteiger partial charge in [0.2, 0.25) is 21.8 Å². The number of para-hydroxylation sites is 1. The third-order valence-corrected chi connectivity index (χ3v) is 7.07. The number of ether oxygens (including phenoxy) is 1. The summed E-state index contributed by atoms with van der Waals surface area (Å²) in [5, 5.41) is 3.38. The fraction of sp³-hybridized carbons (Fsp3) is 0.310. The number of halogens is 1. The van der Waals surface area contributed by atoms with E-state index in [9.17, 15) is 18.0 Å². The van der Waals surface area contributed by atoms with Crippen molar-refractivity contribution in [1.29, 1.82) is 0 Å². The second-order valence-electron chi connectivity index (χ2n) is 10.2. The molecular formula is C29H34ClN3O5S. The van der Waals surface area contributed by atoms with Crippen molar-refractivity contribution in [3.63, 3.8) is 0 Å². The highest BCUT2D eigenvalue weighted by Crippen LogP contribution is 2.26. The van der Waals surface area contributed by atoms with E-state index in [1.54, 1.807) is 67.6 Å². The second-order valence-corrected chi connectivity index (χ2v) is 12.6. The Bertz CT molecular complexity index is 1390. The molecule has 1 N–H and O–H groups in total. The summed E-state index contributed by atoms with van der Waals surface area (Å²) in [5.74, 6) is 0.257. The van der Waals surface area contributed by atoms with Crippen molar-refractivity contribution >= 4 is 39.1 Å². The minimum atomic E-state index is -3.85. The zero-order valence-corrected chi connectivity index (χ0v) is 24.3. The van der Waals surface area contributed by atoms with Gasteiger partial charge in [0.1, 0.15) is 24.1 Å². The number of sulfonamides is 1. The number of carbonyl (C=O) groups is 2. The standard InChI is InChI=1S/C29H34ClN3O5S/c1-21(28(35)31-29(2,3)4)32(19-22-10-9-11-23(30)18-22)27(34)20-33(39(5,36)37)24-14-16-26(17-15-24)38-25-12-7-6-8-13-25/h6-18,21H,19-20H2,1-5H3,(H,31,35)/t21-/m0/s1. The summed E-state index contributed by atoms with van der Waals surface area (Å²) in [5.41, 5.74) is 0.485. The number of hydrogen-bond donors (Lipinski definition) is 1. The molecule has 39 heavy (non-hydrogen) atoms. The summed E-state index contributed by atoms with van der Waals surface area (Å²) in [6, 6.07) is 21.7. The number of hydrogen-bond acceptors (Lipinski definition) is 5. The van der Waals surface area contributed by atoms with Gasteiger partial charge < -0.3 is 15.0 Å². The molecule has 3 aromatic rings. The Hall–Kier alpha value is -3.56. The van der Waals surface area contributed by atoms with Crippen LogP contribution >= 0.6 is 11.6 Å². The first kappa shape index (κ1) is 30.0. The predicted octanol–water partition coefficient (Wildman–Crippen LogP) is 5.23. The minimum absolute atomic E-state index is 0.0690. The molecule has 0 heterocycles. The van der Waals surface area contributed by atoms with Crippen LogP contribution in [0.4, 0.5) is 5.69 Å². The van der Waals surface area contributed by atoms with Crippen LogP contribution in [0.15, 0.2) is 78.9 Å². The zero-order valence-electron chi connectivity index (χ0n) is 22.7. The number of carbonyl (C=O) groups excluding carboxylic acids is 2. The second kappa shape index (κ2) is 12.5. The lowest BCUT2D eigenvalue weighted by molar-refractivity contribution is -0.140. The van der Waals surface area contributed by atoms with Crippen LogP contribution in [0.1, 0.15) is 33.3 Å². The molecular weight excluding hydrogens is 538 g/mol. The Labute approximate surface area is 235 Å². The van der Waals surface area contributed by atoms with Gasteiger partial charge in [-0.3, -0.25) is 13.9 Å². The Kier molecular flexibility index (Phi) is 9.63. The van der Waals surface area contributed by atoms with Crippen molar-refractivity contribution < 1.29 is 22.7 Å². The van der Waals surface area contributed by atoms with Crippen LogP contribution in [0.25, 0.3) is 0 Å². The quantitative estimate of drug-likeness (QED) is 0.359. The molecule has 0 saturated heterocycles. The molecule has 0 fully saturated rings. The first-order valence-electron chi connectivity index (χ1n) is 12.4. The third kappa shape index (κ3) is 9.01. The van der Waals surface area contributed by atoms with Crippen LogP contribution in [-0.2, 0) is 26.2 Å². The summed E-state index contributed by atoms with van der Waals surface area (Å²) in [7, 11) is -3.85. The fourth-order valence-corrected chi connectivity index (χ4v) is 4.87. The van der Waals surface area contributed by atoms with Crippen molar-refractivity contribution in [3.8, 4) is 11.5 Å². The van der Waals surface area contributed by atoms with Gasteiger partial charge in [0, 0.05) is 17.1 Å². The molecule has 0 spiro atoms. The maximum Gasteiger partial charge on any atom is 0.244 e. The molecule has 2 amide bonds. The van der Waals surface area contributed by atoms with Crippen LogP contribution in [0.3, 0.4) is 0 Å². The van der Waals surface area contributed by atoms with Gasteiger partial charge in [-0.2, -0.15) is 0 Å². The van der Waals surface area contributed by atoms with Gasteiger partial charge in [0.05, 0.1) is 11.9 Å². The Balaban J connectivity index is 1.87. The first-order valence-corrected chi connectivity index (χ1v) is 14.6. The molecule has 0 saturated carbocycles. The summed E-state index contributed by atoms with van der Waals surface area (Å²) in [4.78, 5) is 28.0. The van der Waals surface area contributed by atoms with Crippen LogP contribution in [0.5, 0.6) is 11.5 Å². The van der Waals surface area contributed by atoms with Crippen molar-refractivity contribution in [1.82, 2.24) is 10.2 Å². The molecule has 208 valence electrons. The number of benzene rings is 3. The fourth-order valence-electron chi connectivity index (χ4n) is 3.81. The topological polar surface area (TPSA) is 96.0 Å². The lowest BCUT2D eigenvalue weighted by atomic mass is 10.1. The van der Waals surface area contributed by atoms with Crippen LogP contribution in [0.2, 0.25) is 5.02 Å². The molecule has 1 atom stereocenters. The molecule has 0 aromatic heterocycles. The average Bonchev–Trinajstić information content (AvgIpc) is 2.85. The third-order valence-electron chi connectivity index (χ3n) is 5.69. The molecule has 0 aliphatic heterocycles. The smallest absolute Gasteiger partial charge is 0.244 e. The van der Waals surface area contributed by atoms with Crippen molar-refractivity contribution in [2.24, 2.45) is 0 Å². The van der Waals surface area contributed by atoms with Gasteiger partial charge in [-0.25, -0.2) is 8.42 Å². The van der Waals surface area contributed by atoms with Gasteiger partial charge in [0.15, 0.2) is 0 Å². The minimum Gasteiger partial charge on any atom is -0.457 e. The van der Waals surface area contributed by atoms with Crippen LogP contribution in [-0.4, -0.2) is 49.5 Å². The molecule has 8 nitrogen and oxygen atoms in total. The number of nitrogens with zero attached hydrogens (tertiary/aromatic N) is 2. The molecule has 0 aliphatic carbocycles. The van der Waals surface area contributed by atoms with E-state index in [1.165, 1.54) is 4.90 Å². The lowest BCUT2D eigenvalue weighted by Gasteiger charge is -2.33. The van der Waals surface area contributed by atoms with Crippen molar-refractivity contribution in [2.75, 3.05) is 17.1 Å². The van der Waals surface area contributed by atoms with E-state index >= 15 is 0 Å².